The highest BCUT2D eigenvalue weighted by atomic mass is 16.5. The van der Waals surface area contributed by atoms with E-state index in [0.29, 0.717) is 76.8 Å². The van der Waals surface area contributed by atoms with Crippen molar-refractivity contribution in [2.45, 2.75) is 38.5 Å². The Hall–Kier alpha value is -1.64. The molecule has 31 heavy (non-hydrogen) atoms. The first kappa shape index (κ1) is 17.9. The van der Waals surface area contributed by atoms with Crippen LogP contribution < -0.4 is 0 Å². The molecule has 7 fully saturated rings. The van der Waals surface area contributed by atoms with E-state index < -0.39 is 0 Å². The number of fused-ring (bicyclic) bond motifs is 5. The molecule has 0 aromatic heterocycles. The summed E-state index contributed by atoms with van der Waals surface area (Å²) in [5.41, 5.74) is 0.927. The first-order valence-corrected chi connectivity index (χ1v) is 12.8. The number of methoxy groups -OCH3 is 1. The molecule has 13 atom stereocenters. The molecule has 0 saturated heterocycles. The van der Waals surface area contributed by atoms with Gasteiger partial charge in [-0.3, -0.25) is 9.59 Å². The quantitative estimate of drug-likeness (QED) is 0.686. The van der Waals surface area contributed by atoms with E-state index in [1.54, 1.807) is 7.11 Å². The summed E-state index contributed by atoms with van der Waals surface area (Å²) in [5, 5.41) is 0. The van der Waals surface area contributed by atoms with Gasteiger partial charge in [-0.1, -0.05) is 36.8 Å². The number of carbonyl (C=O) groups excluding carboxylic acids is 2. The van der Waals surface area contributed by atoms with Gasteiger partial charge >= 0.3 is 5.97 Å². The van der Waals surface area contributed by atoms with Crippen LogP contribution >= 0.6 is 0 Å². The summed E-state index contributed by atoms with van der Waals surface area (Å²) in [6.07, 6.45) is 6.93. The molecular formula is C28H32O3. The minimum absolute atomic E-state index is 0.0818. The summed E-state index contributed by atoms with van der Waals surface area (Å²) in [6.45, 7) is 0. The standard InChI is InChI=1S/C28H32O3/c1-31-27(30)28(12-13-6-3-2-4-7-13)24-15-9-5-8-14(15)19-21(24)22-20-18-16(25(22)28)10-11-17(18)26(29)23(19)20/h2-4,6-7,14-25H,5,8-12H2,1H3/t14?,15?,16?,17?,18?,19?,20?,21?,22?,23?,24?,25?,28-/m0/s1. The minimum Gasteiger partial charge on any atom is -0.469 e. The summed E-state index contributed by atoms with van der Waals surface area (Å²) < 4.78 is 5.73. The van der Waals surface area contributed by atoms with Crippen LogP contribution in [0, 0.1) is 76.4 Å². The number of esters is 1. The van der Waals surface area contributed by atoms with Crippen LogP contribution in [0.3, 0.4) is 0 Å². The van der Waals surface area contributed by atoms with Crippen LogP contribution in [-0.4, -0.2) is 18.9 Å². The second kappa shape index (κ2) is 5.64. The monoisotopic (exact) mass is 416 g/mol. The Labute approximate surface area is 184 Å². The Morgan fingerprint density at radius 2 is 1.65 bits per heavy atom. The molecule has 7 aliphatic carbocycles. The molecule has 12 unspecified atom stereocenters. The van der Waals surface area contributed by atoms with Gasteiger partial charge in [-0.2, -0.15) is 0 Å². The summed E-state index contributed by atoms with van der Waals surface area (Å²) in [5.74, 6) is 7.15. The molecule has 0 heterocycles. The predicted octanol–water partition coefficient (Wildman–Crippen LogP) is 4.40. The zero-order valence-electron chi connectivity index (χ0n) is 18.3. The Kier molecular flexibility index (Phi) is 3.25. The molecule has 0 amide bonds. The van der Waals surface area contributed by atoms with Crippen LogP contribution in [0.1, 0.15) is 37.7 Å². The Bertz CT molecular complexity index is 977. The molecule has 3 nitrogen and oxygen atoms in total. The van der Waals surface area contributed by atoms with Gasteiger partial charge in [-0.05, 0) is 96.8 Å². The van der Waals surface area contributed by atoms with E-state index in [1.165, 1.54) is 24.8 Å². The lowest BCUT2D eigenvalue weighted by Crippen LogP contribution is -2.48. The zero-order chi connectivity index (χ0) is 20.6. The normalized spacial score (nSPS) is 56.4. The van der Waals surface area contributed by atoms with Crippen molar-refractivity contribution in [3.8, 4) is 0 Å². The lowest BCUT2D eigenvalue weighted by atomic mass is 9.60. The van der Waals surface area contributed by atoms with Crippen LogP contribution in [0.5, 0.6) is 0 Å². The highest BCUT2D eigenvalue weighted by Gasteiger charge is 2.85. The van der Waals surface area contributed by atoms with Crippen molar-refractivity contribution in [2.75, 3.05) is 7.11 Å². The van der Waals surface area contributed by atoms with E-state index in [0.717, 1.165) is 19.3 Å². The number of benzene rings is 1. The maximum atomic E-state index is 14.0. The summed E-state index contributed by atoms with van der Waals surface area (Å²) in [4.78, 5) is 27.6. The number of ketones is 1. The van der Waals surface area contributed by atoms with E-state index >= 15 is 0 Å². The Balaban J connectivity index is 1.37. The van der Waals surface area contributed by atoms with E-state index in [-0.39, 0.29) is 11.4 Å². The molecule has 1 aromatic carbocycles. The Morgan fingerprint density at radius 3 is 2.45 bits per heavy atom. The zero-order valence-corrected chi connectivity index (χ0v) is 18.3. The fourth-order valence-electron chi connectivity index (χ4n) is 12.1. The molecule has 3 heteroatoms. The van der Waals surface area contributed by atoms with Crippen LogP contribution in [0.2, 0.25) is 0 Å². The predicted molar refractivity (Wildman–Crippen MR) is 115 cm³/mol. The first-order chi connectivity index (χ1) is 15.2. The molecule has 0 spiro atoms. The van der Waals surface area contributed by atoms with Gasteiger partial charge in [0, 0.05) is 11.8 Å². The third-order valence-corrected chi connectivity index (χ3v) is 12.0. The fourth-order valence-corrected chi connectivity index (χ4v) is 12.1. The second-order valence-electron chi connectivity index (χ2n) is 12.2. The number of ether oxygens (including phenoxy) is 1. The van der Waals surface area contributed by atoms with Crippen molar-refractivity contribution in [1.29, 1.82) is 0 Å². The largest absolute Gasteiger partial charge is 0.469 e. The van der Waals surface area contributed by atoms with Crippen molar-refractivity contribution in [1.82, 2.24) is 0 Å². The fraction of sp³-hybridized carbons (Fsp3) is 0.714. The Morgan fingerprint density at radius 1 is 0.903 bits per heavy atom. The number of hydrogen-bond acceptors (Lipinski definition) is 3. The average molecular weight is 417 g/mol. The topological polar surface area (TPSA) is 43.4 Å². The third-order valence-electron chi connectivity index (χ3n) is 12.0. The summed E-state index contributed by atoms with van der Waals surface area (Å²) >= 11 is 0. The van der Waals surface area contributed by atoms with Crippen molar-refractivity contribution >= 4 is 11.8 Å². The number of carbonyl (C=O) groups is 2. The molecule has 0 N–H and O–H groups in total. The number of Topliss-reactive ketones (excluding diaryl/α,β-unsaturated/α-hetero) is 1. The first-order valence-electron chi connectivity index (χ1n) is 12.8. The molecule has 0 aliphatic heterocycles. The minimum atomic E-state index is -0.370. The lowest BCUT2D eigenvalue weighted by Gasteiger charge is -2.42. The molecule has 0 bridgehead atoms. The lowest BCUT2D eigenvalue weighted by molar-refractivity contribution is -0.162. The second-order valence-corrected chi connectivity index (χ2v) is 12.2. The van der Waals surface area contributed by atoms with E-state index in [1.807, 2.05) is 0 Å². The van der Waals surface area contributed by atoms with E-state index in [2.05, 4.69) is 30.3 Å². The molecule has 1 aromatic rings. The SMILES string of the molecule is COC(=O)[C@@]1(Cc2ccccc2)C2C3CCCC3C3C4C(=O)C5CCC6C5C4C(C32)C61. The highest BCUT2D eigenvalue weighted by Crippen LogP contribution is 2.85. The van der Waals surface area contributed by atoms with Crippen LogP contribution in [-0.2, 0) is 20.7 Å². The van der Waals surface area contributed by atoms with Gasteiger partial charge in [0.2, 0.25) is 0 Å². The molecule has 162 valence electrons. The molecule has 8 rings (SSSR count). The summed E-state index contributed by atoms with van der Waals surface area (Å²) in [7, 11) is 1.63. The van der Waals surface area contributed by atoms with Gasteiger partial charge in [-0.25, -0.2) is 0 Å². The van der Waals surface area contributed by atoms with Crippen molar-refractivity contribution < 1.29 is 14.3 Å². The number of hydrogen-bond donors (Lipinski definition) is 0. The van der Waals surface area contributed by atoms with Crippen LogP contribution in [0.15, 0.2) is 30.3 Å². The van der Waals surface area contributed by atoms with E-state index in [9.17, 15) is 9.59 Å². The van der Waals surface area contributed by atoms with Gasteiger partial charge in [0.25, 0.3) is 0 Å². The van der Waals surface area contributed by atoms with Gasteiger partial charge in [0.05, 0.1) is 12.5 Å². The van der Waals surface area contributed by atoms with Crippen LogP contribution in [0.4, 0.5) is 0 Å². The third kappa shape index (κ3) is 1.74. The molecule has 7 aliphatic rings. The molecule has 7 saturated carbocycles. The molecule has 0 radical (unpaired) electrons. The van der Waals surface area contributed by atoms with Gasteiger partial charge < -0.3 is 4.74 Å². The smallest absolute Gasteiger partial charge is 0.312 e. The van der Waals surface area contributed by atoms with E-state index in [4.69, 9.17) is 4.74 Å². The maximum Gasteiger partial charge on any atom is 0.312 e. The van der Waals surface area contributed by atoms with Crippen molar-refractivity contribution in [3.63, 3.8) is 0 Å². The van der Waals surface area contributed by atoms with Gasteiger partial charge in [-0.15, -0.1) is 0 Å². The van der Waals surface area contributed by atoms with Crippen LogP contribution in [0.25, 0.3) is 0 Å². The van der Waals surface area contributed by atoms with Gasteiger partial charge in [0.1, 0.15) is 5.78 Å². The number of rotatable bonds is 3. The maximum absolute atomic E-state index is 14.0. The average Bonchev–Trinajstić information content (AvgIpc) is 3.57. The van der Waals surface area contributed by atoms with Crippen molar-refractivity contribution in [3.05, 3.63) is 35.9 Å². The van der Waals surface area contributed by atoms with Crippen molar-refractivity contribution in [2.24, 2.45) is 76.4 Å². The summed E-state index contributed by atoms with van der Waals surface area (Å²) in [6, 6.07) is 10.8. The highest BCUT2D eigenvalue weighted by molar-refractivity contribution is 5.89. The van der Waals surface area contributed by atoms with Gasteiger partial charge in [0.15, 0.2) is 0 Å². The molecular weight excluding hydrogens is 384 g/mol.